The standard InChI is InChI=1S/C20H20N4O2/c25-19(9-8-15-5-3-11-26-15)23-17-6-1-7-18-16(17)13-22-20(24-18)14-4-2-10-21-12-14/h2-5,10-13,17H,1,6-9H2,(H,23,25)/t17-/m0/s1. The lowest BCUT2D eigenvalue weighted by Gasteiger charge is -2.25. The van der Waals surface area contributed by atoms with Gasteiger partial charge in [0.05, 0.1) is 12.3 Å². The number of furan rings is 1. The average Bonchev–Trinajstić information content (AvgIpc) is 3.21. The molecule has 1 aliphatic carbocycles. The molecule has 0 saturated heterocycles. The number of nitrogens with zero attached hydrogens (tertiary/aromatic N) is 3. The number of fused-ring (bicyclic) bond motifs is 1. The molecule has 3 aromatic rings. The summed E-state index contributed by atoms with van der Waals surface area (Å²) in [5.74, 6) is 1.53. The van der Waals surface area contributed by atoms with Gasteiger partial charge in [0.25, 0.3) is 0 Å². The van der Waals surface area contributed by atoms with Crippen LogP contribution in [-0.4, -0.2) is 20.9 Å². The Labute approximate surface area is 151 Å². The van der Waals surface area contributed by atoms with Crippen LogP contribution in [0.3, 0.4) is 0 Å². The molecular formula is C20H20N4O2. The van der Waals surface area contributed by atoms with Crippen LogP contribution in [0.2, 0.25) is 0 Å². The van der Waals surface area contributed by atoms with Gasteiger partial charge >= 0.3 is 0 Å². The first-order chi connectivity index (χ1) is 12.8. The van der Waals surface area contributed by atoms with Crippen molar-refractivity contribution < 1.29 is 9.21 Å². The van der Waals surface area contributed by atoms with Crippen molar-refractivity contribution in [3.05, 3.63) is 66.1 Å². The summed E-state index contributed by atoms with van der Waals surface area (Å²) in [5.41, 5.74) is 2.94. The fourth-order valence-electron chi connectivity index (χ4n) is 3.29. The van der Waals surface area contributed by atoms with Gasteiger partial charge in [-0.1, -0.05) is 0 Å². The molecule has 1 amide bonds. The van der Waals surface area contributed by atoms with Crippen LogP contribution < -0.4 is 5.32 Å². The van der Waals surface area contributed by atoms with E-state index in [0.29, 0.717) is 18.7 Å². The van der Waals surface area contributed by atoms with Crippen molar-refractivity contribution in [1.82, 2.24) is 20.3 Å². The van der Waals surface area contributed by atoms with Gasteiger partial charge in [0.2, 0.25) is 5.91 Å². The van der Waals surface area contributed by atoms with Crippen molar-refractivity contribution in [2.24, 2.45) is 0 Å². The minimum absolute atomic E-state index is 0.0224. The molecule has 0 saturated carbocycles. The summed E-state index contributed by atoms with van der Waals surface area (Å²) in [5, 5.41) is 3.12. The van der Waals surface area contributed by atoms with E-state index in [-0.39, 0.29) is 11.9 Å². The number of carbonyl (C=O) groups excluding carboxylic acids is 1. The highest BCUT2D eigenvalue weighted by Crippen LogP contribution is 2.29. The minimum Gasteiger partial charge on any atom is -0.469 e. The highest BCUT2D eigenvalue weighted by molar-refractivity contribution is 5.76. The second kappa shape index (κ2) is 7.47. The van der Waals surface area contributed by atoms with Crippen LogP contribution >= 0.6 is 0 Å². The van der Waals surface area contributed by atoms with Crippen LogP contribution in [0.1, 0.15) is 42.3 Å². The van der Waals surface area contributed by atoms with Crippen LogP contribution in [0.15, 0.2) is 53.5 Å². The first-order valence-corrected chi connectivity index (χ1v) is 8.87. The maximum atomic E-state index is 12.3. The Morgan fingerprint density at radius 1 is 1.27 bits per heavy atom. The lowest BCUT2D eigenvalue weighted by Crippen LogP contribution is -2.31. The Kier molecular flexibility index (Phi) is 4.73. The number of hydrogen-bond acceptors (Lipinski definition) is 5. The number of rotatable bonds is 5. The van der Waals surface area contributed by atoms with Crippen LogP contribution in [0, 0.1) is 0 Å². The summed E-state index contributed by atoms with van der Waals surface area (Å²) >= 11 is 0. The molecule has 0 radical (unpaired) electrons. The van der Waals surface area contributed by atoms with Gasteiger partial charge in [-0.05, 0) is 43.5 Å². The summed E-state index contributed by atoms with van der Waals surface area (Å²) in [6.07, 6.45) is 10.8. The summed E-state index contributed by atoms with van der Waals surface area (Å²) in [7, 11) is 0. The van der Waals surface area contributed by atoms with E-state index in [4.69, 9.17) is 9.40 Å². The van der Waals surface area contributed by atoms with Gasteiger partial charge in [-0.2, -0.15) is 0 Å². The fraction of sp³-hybridized carbons (Fsp3) is 0.300. The number of amides is 1. The first kappa shape index (κ1) is 16.4. The molecular weight excluding hydrogens is 328 g/mol. The molecule has 1 N–H and O–H groups in total. The van der Waals surface area contributed by atoms with E-state index in [9.17, 15) is 4.79 Å². The molecule has 0 fully saturated rings. The van der Waals surface area contributed by atoms with Crippen LogP contribution in [0.5, 0.6) is 0 Å². The Bertz CT molecular complexity index is 878. The summed E-state index contributed by atoms with van der Waals surface area (Å²) in [4.78, 5) is 25.6. The first-order valence-electron chi connectivity index (χ1n) is 8.87. The highest BCUT2D eigenvalue weighted by Gasteiger charge is 2.24. The molecule has 0 unspecified atom stereocenters. The molecule has 0 bridgehead atoms. The average molecular weight is 348 g/mol. The Morgan fingerprint density at radius 2 is 2.23 bits per heavy atom. The van der Waals surface area contributed by atoms with E-state index in [1.54, 1.807) is 18.7 Å². The molecule has 3 aromatic heterocycles. The molecule has 0 aromatic carbocycles. The number of aromatic nitrogens is 3. The van der Waals surface area contributed by atoms with Crippen LogP contribution in [-0.2, 0) is 17.6 Å². The summed E-state index contributed by atoms with van der Waals surface area (Å²) in [6.45, 7) is 0. The molecule has 1 atom stereocenters. The van der Waals surface area contributed by atoms with Gasteiger partial charge in [-0.15, -0.1) is 0 Å². The normalized spacial score (nSPS) is 16.1. The van der Waals surface area contributed by atoms with Crippen LogP contribution in [0.25, 0.3) is 11.4 Å². The minimum atomic E-state index is -0.0224. The Morgan fingerprint density at radius 3 is 3.04 bits per heavy atom. The van der Waals surface area contributed by atoms with Gasteiger partial charge in [0.1, 0.15) is 5.76 Å². The second-order valence-electron chi connectivity index (χ2n) is 6.43. The van der Waals surface area contributed by atoms with Crippen molar-refractivity contribution in [3.8, 4) is 11.4 Å². The zero-order valence-corrected chi connectivity index (χ0v) is 14.4. The van der Waals surface area contributed by atoms with Gasteiger partial charge < -0.3 is 9.73 Å². The quantitative estimate of drug-likeness (QED) is 0.765. The highest BCUT2D eigenvalue weighted by atomic mass is 16.3. The van der Waals surface area contributed by atoms with Crippen molar-refractivity contribution >= 4 is 5.91 Å². The predicted octanol–water partition coefficient (Wildman–Crippen LogP) is 3.26. The Balaban J connectivity index is 1.46. The number of hydrogen-bond donors (Lipinski definition) is 1. The van der Waals surface area contributed by atoms with Gasteiger partial charge in [-0.25, -0.2) is 9.97 Å². The van der Waals surface area contributed by atoms with Crippen molar-refractivity contribution in [2.75, 3.05) is 0 Å². The largest absolute Gasteiger partial charge is 0.469 e. The molecule has 3 heterocycles. The maximum Gasteiger partial charge on any atom is 0.220 e. The second-order valence-corrected chi connectivity index (χ2v) is 6.43. The zero-order chi connectivity index (χ0) is 17.8. The Hall–Kier alpha value is -3.02. The third-order valence-corrected chi connectivity index (χ3v) is 4.62. The van der Waals surface area contributed by atoms with Gasteiger partial charge in [-0.3, -0.25) is 9.78 Å². The van der Waals surface area contributed by atoms with Crippen molar-refractivity contribution in [1.29, 1.82) is 0 Å². The molecule has 26 heavy (non-hydrogen) atoms. The number of carbonyl (C=O) groups is 1. The SMILES string of the molecule is O=C(CCc1ccco1)N[C@H]1CCCc2nc(-c3cccnc3)ncc21. The van der Waals surface area contributed by atoms with E-state index in [2.05, 4.69) is 15.3 Å². The molecule has 6 heteroatoms. The lowest BCUT2D eigenvalue weighted by molar-refractivity contribution is -0.122. The topological polar surface area (TPSA) is 80.9 Å². The molecule has 4 rings (SSSR count). The fourth-order valence-corrected chi connectivity index (χ4v) is 3.29. The van der Waals surface area contributed by atoms with Gasteiger partial charge in [0.15, 0.2) is 5.82 Å². The van der Waals surface area contributed by atoms with Crippen molar-refractivity contribution in [3.63, 3.8) is 0 Å². The summed E-state index contributed by atoms with van der Waals surface area (Å²) < 4.78 is 5.28. The smallest absolute Gasteiger partial charge is 0.220 e. The molecule has 132 valence electrons. The summed E-state index contributed by atoms with van der Waals surface area (Å²) in [6, 6.07) is 7.52. The van der Waals surface area contributed by atoms with E-state index >= 15 is 0 Å². The third kappa shape index (κ3) is 3.64. The number of pyridine rings is 1. The molecule has 1 aliphatic rings. The van der Waals surface area contributed by atoms with E-state index in [1.807, 2.05) is 30.5 Å². The van der Waals surface area contributed by atoms with E-state index < -0.39 is 0 Å². The molecule has 6 nitrogen and oxygen atoms in total. The number of nitrogens with one attached hydrogen (secondary N) is 1. The monoisotopic (exact) mass is 348 g/mol. The zero-order valence-electron chi connectivity index (χ0n) is 14.4. The van der Waals surface area contributed by atoms with Gasteiger partial charge in [0, 0.05) is 48.3 Å². The van der Waals surface area contributed by atoms with E-state index in [1.165, 1.54) is 0 Å². The molecule has 0 spiro atoms. The predicted molar refractivity (Wildman–Crippen MR) is 96.1 cm³/mol. The van der Waals surface area contributed by atoms with Crippen molar-refractivity contribution in [2.45, 2.75) is 38.1 Å². The number of aryl methyl sites for hydroxylation is 2. The molecule has 0 aliphatic heterocycles. The lowest BCUT2D eigenvalue weighted by atomic mass is 9.92. The van der Waals surface area contributed by atoms with Crippen LogP contribution in [0.4, 0.5) is 0 Å². The maximum absolute atomic E-state index is 12.3. The van der Waals surface area contributed by atoms with E-state index in [0.717, 1.165) is 41.8 Å². The third-order valence-electron chi connectivity index (χ3n) is 4.62.